The van der Waals surface area contributed by atoms with Crippen molar-refractivity contribution in [3.63, 3.8) is 0 Å². The first-order chi connectivity index (χ1) is 10.3. The van der Waals surface area contributed by atoms with Gasteiger partial charge in [-0.25, -0.2) is 0 Å². The summed E-state index contributed by atoms with van der Waals surface area (Å²) in [6, 6.07) is 9.80. The summed E-state index contributed by atoms with van der Waals surface area (Å²) < 4.78 is 5.23. The maximum absolute atomic E-state index is 12.6. The molecule has 1 saturated heterocycles. The quantitative estimate of drug-likeness (QED) is 0.906. The molecule has 1 aromatic carbocycles. The lowest BCUT2D eigenvalue weighted by molar-refractivity contribution is 0.0929. The Bertz CT molecular complexity index is 616. The van der Waals surface area contributed by atoms with Crippen LogP contribution in [0.5, 0.6) is 0 Å². The second-order valence-electron chi connectivity index (χ2n) is 5.35. The fourth-order valence-electron chi connectivity index (χ4n) is 2.67. The Labute approximate surface area is 123 Å². The third-order valence-corrected chi connectivity index (χ3v) is 3.77. The largest absolute Gasteiger partial charge is 0.360 e. The molecular weight excluding hydrogens is 266 g/mol. The van der Waals surface area contributed by atoms with Crippen LogP contribution in [0, 0.1) is 6.92 Å². The molecule has 0 aliphatic carbocycles. The van der Waals surface area contributed by atoms with Crippen LogP contribution < -0.4 is 10.6 Å². The topological polar surface area (TPSA) is 67.2 Å². The molecule has 1 aliphatic heterocycles. The molecule has 2 N–H and O–H groups in total. The van der Waals surface area contributed by atoms with E-state index in [1.54, 1.807) is 6.92 Å². The maximum Gasteiger partial charge on any atom is 0.257 e. The summed E-state index contributed by atoms with van der Waals surface area (Å²) in [6.45, 7) is 3.61. The summed E-state index contributed by atoms with van der Waals surface area (Å²) in [4.78, 5) is 12.6. The van der Waals surface area contributed by atoms with E-state index < -0.39 is 0 Å². The highest BCUT2D eigenvalue weighted by Crippen LogP contribution is 2.25. The number of aryl methyl sites for hydroxylation is 1. The fraction of sp³-hybridized carbons (Fsp3) is 0.375. The lowest BCUT2D eigenvalue weighted by Gasteiger charge is -2.23. The van der Waals surface area contributed by atoms with Crippen molar-refractivity contribution in [3.05, 3.63) is 41.7 Å². The number of hydrogen-bond acceptors (Lipinski definition) is 4. The number of rotatable bonds is 3. The van der Waals surface area contributed by atoms with Gasteiger partial charge in [0.05, 0.1) is 0 Å². The maximum atomic E-state index is 12.6. The molecule has 0 spiro atoms. The second-order valence-corrected chi connectivity index (χ2v) is 5.35. The van der Waals surface area contributed by atoms with Crippen molar-refractivity contribution in [2.24, 2.45) is 0 Å². The van der Waals surface area contributed by atoms with Crippen molar-refractivity contribution in [3.8, 4) is 11.3 Å². The van der Waals surface area contributed by atoms with Crippen LogP contribution in [-0.2, 0) is 0 Å². The SMILES string of the molecule is Cc1onc(-c2ccccc2)c1C(=O)NC1CCCNC1. The minimum absolute atomic E-state index is 0.110. The van der Waals surface area contributed by atoms with Gasteiger partial charge in [-0.2, -0.15) is 0 Å². The molecule has 0 radical (unpaired) electrons. The summed E-state index contributed by atoms with van der Waals surface area (Å²) in [5.41, 5.74) is 2.03. The molecule has 1 atom stereocenters. The molecule has 0 saturated carbocycles. The first-order valence-electron chi connectivity index (χ1n) is 7.29. The molecule has 3 rings (SSSR count). The predicted octanol–water partition coefficient (Wildman–Crippen LogP) is 2.13. The van der Waals surface area contributed by atoms with Gasteiger partial charge in [0.25, 0.3) is 5.91 Å². The van der Waals surface area contributed by atoms with Crippen molar-refractivity contribution < 1.29 is 9.32 Å². The molecule has 1 aromatic heterocycles. The Hall–Kier alpha value is -2.14. The molecule has 5 heteroatoms. The van der Waals surface area contributed by atoms with E-state index in [2.05, 4.69) is 15.8 Å². The third-order valence-electron chi connectivity index (χ3n) is 3.77. The first-order valence-corrected chi connectivity index (χ1v) is 7.29. The number of nitrogens with zero attached hydrogens (tertiary/aromatic N) is 1. The first kappa shape index (κ1) is 13.8. The molecule has 110 valence electrons. The van der Waals surface area contributed by atoms with Crippen LogP contribution in [0.15, 0.2) is 34.9 Å². The van der Waals surface area contributed by atoms with Crippen LogP contribution in [0.3, 0.4) is 0 Å². The van der Waals surface area contributed by atoms with E-state index in [1.807, 2.05) is 30.3 Å². The van der Waals surface area contributed by atoms with Crippen LogP contribution in [0.4, 0.5) is 0 Å². The number of carbonyl (C=O) groups excluding carboxylic acids is 1. The standard InChI is InChI=1S/C16H19N3O2/c1-11-14(16(20)18-13-8-5-9-17-10-13)15(19-21-11)12-6-3-2-4-7-12/h2-4,6-7,13,17H,5,8-10H2,1H3,(H,18,20). The molecule has 2 aromatic rings. The number of aromatic nitrogens is 1. The minimum Gasteiger partial charge on any atom is -0.360 e. The van der Waals surface area contributed by atoms with E-state index in [1.165, 1.54) is 0 Å². The monoisotopic (exact) mass is 285 g/mol. The van der Waals surface area contributed by atoms with Gasteiger partial charge < -0.3 is 15.2 Å². The van der Waals surface area contributed by atoms with E-state index in [0.717, 1.165) is 31.5 Å². The third kappa shape index (κ3) is 2.97. The normalized spacial score (nSPS) is 18.4. The molecule has 2 heterocycles. The summed E-state index contributed by atoms with van der Waals surface area (Å²) in [5, 5.41) is 10.4. The predicted molar refractivity (Wildman–Crippen MR) is 80.0 cm³/mol. The molecule has 0 bridgehead atoms. The van der Waals surface area contributed by atoms with E-state index in [0.29, 0.717) is 17.0 Å². The number of piperidine rings is 1. The van der Waals surface area contributed by atoms with Crippen LogP contribution >= 0.6 is 0 Å². The molecule has 5 nitrogen and oxygen atoms in total. The average molecular weight is 285 g/mol. The van der Waals surface area contributed by atoms with Gasteiger partial charge in [-0.05, 0) is 26.3 Å². The zero-order valence-corrected chi connectivity index (χ0v) is 12.1. The highest BCUT2D eigenvalue weighted by Gasteiger charge is 2.24. The van der Waals surface area contributed by atoms with Gasteiger partial charge in [-0.3, -0.25) is 4.79 Å². The van der Waals surface area contributed by atoms with Crippen LogP contribution in [0.25, 0.3) is 11.3 Å². The van der Waals surface area contributed by atoms with Crippen LogP contribution in [0.2, 0.25) is 0 Å². The van der Waals surface area contributed by atoms with Crippen molar-refractivity contribution in [1.82, 2.24) is 15.8 Å². The Balaban J connectivity index is 1.84. The van der Waals surface area contributed by atoms with E-state index >= 15 is 0 Å². The minimum atomic E-state index is -0.110. The van der Waals surface area contributed by atoms with Gasteiger partial charge in [-0.1, -0.05) is 35.5 Å². The average Bonchev–Trinajstić information content (AvgIpc) is 2.91. The smallest absolute Gasteiger partial charge is 0.257 e. The lowest BCUT2D eigenvalue weighted by Crippen LogP contribution is -2.45. The van der Waals surface area contributed by atoms with E-state index in [9.17, 15) is 4.79 Å². The van der Waals surface area contributed by atoms with Crippen LogP contribution in [-0.4, -0.2) is 30.2 Å². The molecule has 1 aliphatic rings. The number of amides is 1. The number of hydrogen-bond donors (Lipinski definition) is 2. The molecule has 1 amide bonds. The summed E-state index contributed by atoms with van der Waals surface area (Å²) in [7, 11) is 0. The van der Waals surface area contributed by atoms with Crippen molar-refractivity contribution in [1.29, 1.82) is 0 Å². The zero-order valence-electron chi connectivity index (χ0n) is 12.1. The summed E-state index contributed by atoms with van der Waals surface area (Å²) >= 11 is 0. The number of nitrogens with one attached hydrogen (secondary N) is 2. The summed E-state index contributed by atoms with van der Waals surface area (Å²) in [6.07, 6.45) is 2.09. The van der Waals surface area contributed by atoms with Gasteiger partial charge >= 0.3 is 0 Å². The van der Waals surface area contributed by atoms with E-state index in [4.69, 9.17) is 4.52 Å². The van der Waals surface area contributed by atoms with Crippen molar-refractivity contribution >= 4 is 5.91 Å². The lowest BCUT2D eigenvalue weighted by atomic mass is 10.0. The molecule has 21 heavy (non-hydrogen) atoms. The van der Waals surface area contributed by atoms with Crippen LogP contribution in [0.1, 0.15) is 29.0 Å². The van der Waals surface area contributed by atoms with Gasteiger partial charge in [0.2, 0.25) is 0 Å². The molecular formula is C16H19N3O2. The Morgan fingerprint density at radius 2 is 2.19 bits per heavy atom. The zero-order chi connectivity index (χ0) is 14.7. The van der Waals surface area contributed by atoms with Gasteiger partial charge in [0.15, 0.2) is 0 Å². The van der Waals surface area contributed by atoms with Gasteiger partial charge in [0.1, 0.15) is 17.0 Å². The number of benzene rings is 1. The van der Waals surface area contributed by atoms with Crippen molar-refractivity contribution in [2.45, 2.75) is 25.8 Å². The fourth-order valence-corrected chi connectivity index (χ4v) is 2.67. The van der Waals surface area contributed by atoms with Gasteiger partial charge in [-0.15, -0.1) is 0 Å². The van der Waals surface area contributed by atoms with E-state index in [-0.39, 0.29) is 11.9 Å². The highest BCUT2D eigenvalue weighted by atomic mass is 16.5. The Morgan fingerprint density at radius 1 is 1.38 bits per heavy atom. The highest BCUT2D eigenvalue weighted by molar-refractivity contribution is 6.00. The molecule has 1 unspecified atom stereocenters. The molecule has 1 fully saturated rings. The number of carbonyl (C=O) groups is 1. The second kappa shape index (κ2) is 6.10. The Morgan fingerprint density at radius 3 is 2.90 bits per heavy atom. The van der Waals surface area contributed by atoms with Gasteiger partial charge in [0, 0.05) is 18.2 Å². The van der Waals surface area contributed by atoms with Crippen molar-refractivity contribution in [2.75, 3.05) is 13.1 Å². The summed E-state index contributed by atoms with van der Waals surface area (Å²) in [5.74, 6) is 0.441. The Kier molecular flexibility index (Phi) is 4.01.